The molecule has 3 heterocycles. The number of nitrogens with zero attached hydrogens (tertiary/aromatic N) is 4. The van der Waals surface area contributed by atoms with Gasteiger partial charge in [-0.15, -0.1) is 10.2 Å². The lowest BCUT2D eigenvalue weighted by molar-refractivity contribution is 0.0104. The molecule has 0 radical (unpaired) electrons. The fourth-order valence-corrected chi connectivity index (χ4v) is 4.87. The molecule has 1 atom stereocenters. The molecule has 2 aliphatic rings. The van der Waals surface area contributed by atoms with E-state index in [1.54, 1.807) is 0 Å². The largest absolute Gasteiger partial charge is 0.381 e. The first-order chi connectivity index (χ1) is 13.1. The van der Waals surface area contributed by atoms with Gasteiger partial charge in [0.05, 0.1) is 0 Å². The summed E-state index contributed by atoms with van der Waals surface area (Å²) in [5.41, 5.74) is 1.55. The first kappa shape index (κ1) is 18.9. The van der Waals surface area contributed by atoms with Crippen LogP contribution in [0.3, 0.4) is 0 Å². The van der Waals surface area contributed by atoms with Crippen molar-refractivity contribution in [2.75, 3.05) is 26.3 Å². The summed E-state index contributed by atoms with van der Waals surface area (Å²) in [6.07, 6.45) is 4.11. The predicted molar refractivity (Wildman–Crippen MR) is 107 cm³/mol. The molecule has 27 heavy (non-hydrogen) atoms. The number of ether oxygens (including phenoxy) is 1. The Morgan fingerprint density at radius 3 is 2.67 bits per heavy atom. The molecule has 1 aromatic carbocycles. The molecule has 0 N–H and O–H groups in total. The number of hydrogen-bond acceptors (Lipinski definition) is 4. The molecule has 2 aliphatic heterocycles. The lowest BCUT2D eigenvalue weighted by Gasteiger charge is -2.37. The molecule has 1 unspecified atom stereocenters. The van der Waals surface area contributed by atoms with Crippen molar-refractivity contribution in [2.24, 2.45) is 11.3 Å². The second-order valence-electron chi connectivity index (χ2n) is 8.56. The van der Waals surface area contributed by atoms with E-state index in [0.717, 1.165) is 63.1 Å². The van der Waals surface area contributed by atoms with Crippen LogP contribution < -0.4 is 0 Å². The minimum absolute atomic E-state index is 0.242. The zero-order valence-electron chi connectivity index (χ0n) is 16.3. The van der Waals surface area contributed by atoms with Gasteiger partial charge >= 0.3 is 0 Å². The number of halogens is 1. The first-order valence-corrected chi connectivity index (χ1v) is 10.4. The fraction of sp³-hybridized carbons (Fsp3) is 0.619. The van der Waals surface area contributed by atoms with Crippen molar-refractivity contribution in [3.63, 3.8) is 0 Å². The number of hydrogen-bond donors (Lipinski definition) is 0. The van der Waals surface area contributed by atoms with Gasteiger partial charge in [-0.1, -0.05) is 37.6 Å². The quantitative estimate of drug-likeness (QED) is 0.776. The van der Waals surface area contributed by atoms with E-state index in [1.165, 1.54) is 5.56 Å². The van der Waals surface area contributed by atoms with E-state index in [0.29, 0.717) is 11.8 Å². The molecular weight excluding hydrogens is 360 g/mol. The van der Waals surface area contributed by atoms with E-state index >= 15 is 0 Å². The van der Waals surface area contributed by atoms with Gasteiger partial charge in [-0.25, -0.2) is 0 Å². The normalized spacial score (nSPS) is 22.7. The molecule has 0 aliphatic carbocycles. The van der Waals surface area contributed by atoms with Crippen molar-refractivity contribution >= 4 is 11.6 Å². The van der Waals surface area contributed by atoms with E-state index in [1.807, 2.05) is 18.5 Å². The van der Waals surface area contributed by atoms with E-state index < -0.39 is 0 Å². The van der Waals surface area contributed by atoms with Gasteiger partial charge in [-0.05, 0) is 41.9 Å². The smallest absolute Gasteiger partial charge is 0.137 e. The highest BCUT2D eigenvalue weighted by atomic mass is 35.5. The van der Waals surface area contributed by atoms with Crippen LogP contribution in [0.5, 0.6) is 0 Å². The zero-order valence-corrected chi connectivity index (χ0v) is 17.0. The van der Waals surface area contributed by atoms with Crippen LogP contribution >= 0.6 is 11.6 Å². The molecule has 0 bridgehead atoms. The third-order valence-corrected chi connectivity index (χ3v) is 6.30. The standard InChI is InChI=1S/C21H29ClN4O/c1-16(2)11-26-15-23-24-20(26)19-13-25(12-17-3-5-18(22)6-4-17)14-21(19)7-9-27-10-8-21/h3-6,15-16,19H,7-14H2,1-2H3. The molecule has 0 saturated carbocycles. The van der Waals surface area contributed by atoms with Gasteiger partial charge in [0.1, 0.15) is 12.2 Å². The van der Waals surface area contributed by atoms with Crippen molar-refractivity contribution in [3.8, 4) is 0 Å². The predicted octanol–water partition coefficient (Wildman–Crippen LogP) is 3.98. The molecule has 1 aromatic heterocycles. The molecule has 0 amide bonds. The van der Waals surface area contributed by atoms with Gasteiger partial charge < -0.3 is 9.30 Å². The van der Waals surface area contributed by atoms with Crippen molar-refractivity contribution in [1.29, 1.82) is 0 Å². The van der Waals surface area contributed by atoms with Crippen LogP contribution in [-0.2, 0) is 17.8 Å². The molecule has 4 rings (SSSR count). The maximum Gasteiger partial charge on any atom is 0.137 e. The van der Waals surface area contributed by atoms with Crippen LogP contribution in [0.15, 0.2) is 30.6 Å². The summed E-state index contributed by atoms with van der Waals surface area (Å²) in [4.78, 5) is 2.58. The van der Waals surface area contributed by atoms with Crippen LogP contribution in [0, 0.1) is 11.3 Å². The van der Waals surface area contributed by atoms with Crippen LogP contribution in [0.4, 0.5) is 0 Å². The lowest BCUT2D eigenvalue weighted by Crippen LogP contribution is -2.37. The van der Waals surface area contributed by atoms with Crippen molar-refractivity contribution in [3.05, 3.63) is 47.0 Å². The molecule has 2 fully saturated rings. The van der Waals surface area contributed by atoms with E-state index in [2.05, 4.69) is 45.6 Å². The van der Waals surface area contributed by atoms with E-state index in [-0.39, 0.29) is 5.41 Å². The molecule has 2 saturated heterocycles. The van der Waals surface area contributed by atoms with Crippen LogP contribution in [0.2, 0.25) is 5.02 Å². The molecule has 1 spiro atoms. The summed E-state index contributed by atoms with van der Waals surface area (Å²) >= 11 is 6.05. The Kier molecular flexibility index (Phi) is 5.53. The zero-order chi connectivity index (χ0) is 18.9. The van der Waals surface area contributed by atoms with Crippen LogP contribution in [0.25, 0.3) is 0 Å². The van der Waals surface area contributed by atoms with Crippen molar-refractivity contribution in [1.82, 2.24) is 19.7 Å². The molecular formula is C21H29ClN4O. The maximum absolute atomic E-state index is 6.05. The summed E-state index contributed by atoms with van der Waals surface area (Å²) < 4.78 is 7.98. The highest BCUT2D eigenvalue weighted by molar-refractivity contribution is 6.30. The number of aromatic nitrogens is 3. The van der Waals surface area contributed by atoms with Crippen LogP contribution in [0.1, 0.15) is 44.0 Å². The maximum atomic E-state index is 6.05. The molecule has 2 aromatic rings. The summed E-state index contributed by atoms with van der Waals surface area (Å²) in [7, 11) is 0. The Morgan fingerprint density at radius 2 is 1.96 bits per heavy atom. The van der Waals surface area contributed by atoms with Gasteiger partial charge in [0, 0.05) is 50.3 Å². The summed E-state index contributed by atoms with van der Waals surface area (Å²) in [5, 5.41) is 9.64. The first-order valence-electron chi connectivity index (χ1n) is 9.98. The monoisotopic (exact) mass is 388 g/mol. The van der Waals surface area contributed by atoms with E-state index in [4.69, 9.17) is 16.3 Å². The Balaban J connectivity index is 1.58. The van der Waals surface area contributed by atoms with Gasteiger partial charge in [-0.2, -0.15) is 0 Å². The third kappa shape index (κ3) is 4.05. The Hall–Kier alpha value is -1.43. The molecule has 5 nitrogen and oxygen atoms in total. The second kappa shape index (κ2) is 7.90. The topological polar surface area (TPSA) is 43.2 Å². The lowest BCUT2D eigenvalue weighted by atomic mass is 9.71. The average molecular weight is 389 g/mol. The Bertz CT molecular complexity index is 752. The summed E-state index contributed by atoms with van der Waals surface area (Å²) in [6, 6.07) is 8.23. The Labute approximate surface area is 166 Å². The van der Waals surface area contributed by atoms with Gasteiger partial charge in [-0.3, -0.25) is 4.90 Å². The highest BCUT2D eigenvalue weighted by Gasteiger charge is 2.49. The number of benzene rings is 1. The SMILES string of the molecule is CC(C)Cn1cnnc1C1CN(Cc2ccc(Cl)cc2)CC12CCOCC2. The average Bonchev–Trinajstić information content (AvgIpc) is 3.21. The van der Waals surface area contributed by atoms with Gasteiger partial charge in [0.25, 0.3) is 0 Å². The third-order valence-electron chi connectivity index (χ3n) is 6.05. The molecule has 146 valence electrons. The number of rotatable bonds is 5. The molecule has 6 heteroatoms. The van der Waals surface area contributed by atoms with Crippen molar-refractivity contribution < 1.29 is 4.74 Å². The number of likely N-dealkylation sites (tertiary alicyclic amines) is 1. The Morgan fingerprint density at radius 1 is 1.22 bits per heavy atom. The van der Waals surface area contributed by atoms with Crippen LogP contribution in [-0.4, -0.2) is 46.0 Å². The highest BCUT2D eigenvalue weighted by Crippen LogP contribution is 2.49. The summed E-state index contributed by atoms with van der Waals surface area (Å²) in [6.45, 7) is 10.2. The summed E-state index contributed by atoms with van der Waals surface area (Å²) in [5.74, 6) is 2.15. The van der Waals surface area contributed by atoms with Gasteiger partial charge in [0.15, 0.2) is 0 Å². The van der Waals surface area contributed by atoms with Gasteiger partial charge in [0.2, 0.25) is 0 Å². The second-order valence-corrected chi connectivity index (χ2v) is 9.00. The minimum Gasteiger partial charge on any atom is -0.381 e. The van der Waals surface area contributed by atoms with Crippen molar-refractivity contribution in [2.45, 2.75) is 45.7 Å². The minimum atomic E-state index is 0.242. The van der Waals surface area contributed by atoms with E-state index in [9.17, 15) is 0 Å². The fourth-order valence-electron chi connectivity index (χ4n) is 4.75.